The van der Waals surface area contributed by atoms with Crippen molar-refractivity contribution in [1.29, 1.82) is 0 Å². The summed E-state index contributed by atoms with van der Waals surface area (Å²) >= 11 is 1.82. The van der Waals surface area contributed by atoms with Crippen molar-refractivity contribution < 1.29 is 0 Å². The van der Waals surface area contributed by atoms with Gasteiger partial charge in [0.1, 0.15) is 11.6 Å². The summed E-state index contributed by atoms with van der Waals surface area (Å²) in [6.45, 7) is 4.29. The van der Waals surface area contributed by atoms with Gasteiger partial charge in [0.05, 0.1) is 11.0 Å². The average molecular weight is 368 g/mol. The summed E-state index contributed by atoms with van der Waals surface area (Å²) in [4.78, 5) is 11.9. The van der Waals surface area contributed by atoms with E-state index in [2.05, 4.69) is 47.7 Å². The Morgan fingerprint density at radius 3 is 2.52 bits per heavy atom. The maximum Gasteiger partial charge on any atom is 0.139 e. The molecule has 0 spiro atoms. The van der Waals surface area contributed by atoms with Crippen molar-refractivity contribution in [2.45, 2.75) is 13.8 Å². The van der Waals surface area contributed by atoms with Crippen molar-refractivity contribution in [3.63, 3.8) is 0 Å². The first-order valence-corrected chi connectivity index (χ1v) is 8.68. The first kappa shape index (κ1) is 17.4. The van der Waals surface area contributed by atoms with Gasteiger partial charge in [0.2, 0.25) is 0 Å². The molecule has 5 heteroatoms. The number of hydrogen-bond donors (Lipinski definition) is 0. The highest BCUT2D eigenvalue weighted by atomic mass is 35.5. The van der Waals surface area contributed by atoms with Crippen LogP contribution in [0.5, 0.6) is 0 Å². The van der Waals surface area contributed by atoms with Crippen molar-refractivity contribution in [2.75, 3.05) is 0 Å². The molecular weight excluding hydrogens is 350 g/mol. The molecule has 3 heterocycles. The van der Waals surface area contributed by atoms with E-state index in [0.717, 1.165) is 22.7 Å². The highest BCUT2D eigenvalue weighted by Gasteiger charge is 2.11. The summed E-state index contributed by atoms with van der Waals surface area (Å²) in [5.41, 5.74) is 3.28. The minimum absolute atomic E-state index is 0. The number of aryl methyl sites for hydroxylation is 2. The molecule has 0 saturated carbocycles. The highest BCUT2D eigenvalue weighted by molar-refractivity contribution is 7.12. The van der Waals surface area contributed by atoms with Gasteiger partial charge in [-0.3, -0.25) is 4.57 Å². The third-order valence-electron chi connectivity index (χ3n) is 3.96. The molecule has 4 aromatic rings. The number of thiophene rings is 1. The van der Waals surface area contributed by atoms with E-state index in [9.17, 15) is 0 Å². The molecule has 0 aliphatic heterocycles. The number of aromatic nitrogens is 3. The van der Waals surface area contributed by atoms with E-state index < -0.39 is 0 Å². The van der Waals surface area contributed by atoms with E-state index >= 15 is 0 Å². The van der Waals surface area contributed by atoms with Gasteiger partial charge in [-0.25, -0.2) is 9.97 Å². The van der Waals surface area contributed by atoms with Crippen LogP contribution in [0.4, 0.5) is 0 Å². The van der Waals surface area contributed by atoms with Crippen molar-refractivity contribution in [2.24, 2.45) is 0 Å². The van der Waals surface area contributed by atoms with E-state index in [1.54, 1.807) is 0 Å². The maximum absolute atomic E-state index is 4.78. The minimum Gasteiger partial charge on any atom is -0.277 e. The molecule has 4 rings (SSSR count). The normalized spacial score (nSPS) is 11.1. The Balaban J connectivity index is 0.00000182. The summed E-state index contributed by atoms with van der Waals surface area (Å²) in [6, 6.07) is 16.3. The number of benzene rings is 1. The van der Waals surface area contributed by atoms with Crippen molar-refractivity contribution in [1.82, 2.24) is 14.5 Å². The Morgan fingerprint density at radius 1 is 1.00 bits per heavy atom. The van der Waals surface area contributed by atoms with Gasteiger partial charge in [0, 0.05) is 16.0 Å². The van der Waals surface area contributed by atoms with Gasteiger partial charge in [0.25, 0.3) is 0 Å². The third kappa shape index (κ3) is 3.36. The molecule has 1 aromatic carbocycles. The molecule has 25 heavy (non-hydrogen) atoms. The molecule has 0 atom stereocenters. The number of imidazole rings is 1. The third-order valence-corrected chi connectivity index (χ3v) is 4.94. The standard InChI is InChI=1S/C20H17N3S.ClH/c1-14-13-16(15(2)24-14)10-11-20-22-17-7-3-4-8-18(17)23(20)19-9-5-6-12-21-19;/h3-13H,1-2H3;1H/b11-10+;. The number of para-hydroxylation sites is 2. The van der Waals surface area contributed by atoms with Crippen LogP contribution in [0.15, 0.2) is 54.7 Å². The lowest BCUT2D eigenvalue weighted by Gasteiger charge is -2.05. The van der Waals surface area contributed by atoms with Gasteiger partial charge in [-0.1, -0.05) is 24.3 Å². The molecule has 0 bridgehead atoms. The molecule has 0 saturated heterocycles. The second-order valence-electron chi connectivity index (χ2n) is 5.68. The molecule has 3 aromatic heterocycles. The van der Waals surface area contributed by atoms with Crippen LogP contribution in [0.3, 0.4) is 0 Å². The van der Waals surface area contributed by atoms with E-state index in [4.69, 9.17) is 4.98 Å². The van der Waals surface area contributed by atoms with Crippen LogP contribution in [0.1, 0.15) is 21.1 Å². The topological polar surface area (TPSA) is 30.7 Å². The predicted octanol–water partition coefficient (Wildman–Crippen LogP) is 5.69. The number of hydrogen-bond acceptors (Lipinski definition) is 3. The van der Waals surface area contributed by atoms with E-state index in [0.29, 0.717) is 0 Å². The van der Waals surface area contributed by atoms with Crippen molar-refractivity contribution >= 4 is 46.9 Å². The fourth-order valence-electron chi connectivity index (χ4n) is 2.86. The molecule has 0 fully saturated rings. The lowest BCUT2D eigenvalue weighted by Crippen LogP contribution is -1.99. The Hall–Kier alpha value is -2.43. The Kier molecular flexibility index (Phi) is 5.02. The largest absolute Gasteiger partial charge is 0.277 e. The summed E-state index contributed by atoms with van der Waals surface area (Å²) in [5, 5.41) is 0. The van der Waals surface area contributed by atoms with Crippen LogP contribution in [0.2, 0.25) is 0 Å². The lowest BCUT2D eigenvalue weighted by atomic mass is 10.2. The second kappa shape index (κ2) is 7.21. The molecule has 0 unspecified atom stereocenters. The van der Waals surface area contributed by atoms with Gasteiger partial charge in [-0.15, -0.1) is 23.7 Å². The van der Waals surface area contributed by atoms with Crippen molar-refractivity contribution in [3.05, 3.63) is 75.9 Å². The van der Waals surface area contributed by atoms with E-state index in [1.807, 2.05) is 53.9 Å². The van der Waals surface area contributed by atoms with Crippen LogP contribution in [-0.2, 0) is 0 Å². The summed E-state index contributed by atoms with van der Waals surface area (Å²) in [6.07, 6.45) is 6.02. The molecule has 3 nitrogen and oxygen atoms in total. The molecule has 0 aliphatic carbocycles. The monoisotopic (exact) mass is 367 g/mol. The number of fused-ring (bicyclic) bond motifs is 1. The first-order chi connectivity index (χ1) is 11.7. The zero-order valence-electron chi connectivity index (χ0n) is 14.0. The molecular formula is C20H18ClN3S. The molecule has 0 aliphatic rings. The average Bonchev–Trinajstić information content (AvgIpc) is 3.12. The van der Waals surface area contributed by atoms with Gasteiger partial charge in [-0.2, -0.15) is 0 Å². The molecule has 0 radical (unpaired) electrons. The molecule has 0 N–H and O–H groups in total. The minimum atomic E-state index is 0. The quantitative estimate of drug-likeness (QED) is 0.465. The molecule has 126 valence electrons. The van der Waals surface area contributed by atoms with E-state index in [1.165, 1.54) is 15.3 Å². The lowest BCUT2D eigenvalue weighted by molar-refractivity contribution is 1.01. The Morgan fingerprint density at radius 2 is 1.80 bits per heavy atom. The summed E-state index contributed by atoms with van der Waals surface area (Å²) < 4.78 is 2.10. The van der Waals surface area contributed by atoms with Crippen molar-refractivity contribution in [3.8, 4) is 5.82 Å². The summed E-state index contributed by atoms with van der Waals surface area (Å²) in [5.74, 6) is 1.77. The van der Waals surface area contributed by atoms with Crippen LogP contribution >= 0.6 is 23.7 Å². The first-order valence-electron chi connectivity index (χ1n) is 7.86. The van der Waals surface area contributed by atoms with Crippen LogP contribution in [0, 0.1) is 13.8 Å². The Labute approximate surface area is 157 Å². The number of nitrogens with zero attached hydrogens (tertiary/aromatic N) is 3. The van der Waals surface area contributed by atoms with Crippen LogP contribution < -0.4 is 0 Å². The van der Waals surface area contributed by atoms with Gasteiger partial charge >= 0.3 is 0 Å². The van der Waals surface area contributed by atoms with Gasteiger partial charge in [0.15, 0.2) is 0 Å². The zero-order valence-corrected chi connectivity index (χ0v) is 15.6. The van der Waals surface area contributed by atoms with Gasteiger partial charge < -0.3 is 0 Å². The SMILES string of the molecule is Cc1cc(/C=C/c2nc3ccccc3n2-c2ccccn2)c(C)s1.Cl. The molecule has 0 amide bonds. The number of pyridine rings is 1. The zero-order chi connectivity index (χ0) is 16.5. The van der Waals surface area contributed by atoms with Crippen LogP contribution in [-0.4, -0.2) is 14.5 Å². The second-order valence-corrected chi connectivity index (χ2v) is 7.14. The fraction of sp³-hybridized carbons (Fsp3) is 0.100. The fourth-order valence-corrected chi connectivity index (χ4v) is 3.78. The predicted molar refractivity (Wildman–Crippen MR) is 109 cm³/mol. The highest BCUT2D eigenvalue weighted by Crippen LogP contribution is 2.25. The Bertz CT molecular complexity index is 1030. The van der Waals surface area contributed by atoms with Gasteiger partial charge in [-0.05, 0) is 55.8 Å². The van der Waals surface area contributed by atoms with Crippen LogP contribution in [0.25, 0.3) is 29.0 Å². The summed E-state index contributed by atoms with van der Waals surface area (Å²) in [7, 11) is 0. The van der Waals surface area contributed by atoms with E-state index in [-0.39, 0.29) is 12.4 Å². The number of rotatable bonds is 3. The number of halogens is 1. The maximum atomic E-state index is 4.78. The smallest absolute Gasteiger partial charge is 0.139 e.